The number of nitrogens with zero attached hydrogens (tertiary/aromatic N) is 1. The van der Waals surface area contributed by atoms with Crippen molar-refractivity contribution in [3.63, 3.8) is 0 Å². The van der Waals surface area contributed by atoms with Crippen LogP contribution in [0.2, 0.25) is 10.0 Å². The van der Waals surface area contributed by atoms with Crippen LogP contribution in [0, 0.1) is 5.41 Å². The molecular weight excluding hydrogens is 347 g/mol. The van der Waals surface area contributed by atoms with E-state index in [4.69, 9.17) is 23.2 Å². The Morgan fingerprint density at radius 1 is 1.27 bits per heavy atom. The summed E-state index contributed by atoms with van der Waals surface area (Å²) in [4.78, 5) is 2.26. The summed E-state index contributed by atoms with van der Waals surface area (Å²) in [6.07, 6.45) is 0. The number of aliphatic hydroxyl groups is 1. The second-order valence-corrected chi connectivity index (χ2v) is 7.00. The van der Waals surface area contributed by atoms with Gasteiger partial charge in [0.1, 0.15) is 5.75 Å². The highest BCUT2D eigenvalue weighted by molar-refractivity contribution is 6.35. The monoisotopic (exact) mass is 368 g/mol. The summed E-state index contributed by atoms with van der Waals surface area (Å²) in [6.45, 7) is 7.42. The number of phenolic OH excluding ortho intramolecular Hbond substituents is 1. The number of phenols is 1. The average Bonchev–Trinajstić information content (AvgIpc) is 2.45. The number of piperazine rings is 1. The summed E-state index contributed by atoms with van der Waals surface area (Å²) in [7, 11) is 0. The van der Waals surface area contributed by atoms with Gasteiger partial charge in [0, 0.05) is 54.8 Å². The minimum atomic E-state index is -0.428. The third-order valence-electron chi connectivity index (χ3n) is 4.02. The predicted molar refractivity (Wildman–Crippen MR) is 93.4 cm³/mol. The number of halogens is 3. The first-order valence-electron chi connectivity index (χ1n) is 7.10. The van der Waals surface area contributed by atoms with Crippen molar-refractivity contribution >= 4 is 35.6 Å². The lowest BCUT2D eigenvalue weighted by Gasteiger charge is -2.43. The molecule has 1 aliphatic rings. The molecule has 0 aliphatic carbocycles. The summed E-state index contributed by atoms with van der Waals surface area (Å²) in [5.41, 5.74) is 0.247. The van der Waals surface area contributed by atoms with E-state index in [0.29, 0.717) is 10.6 Å². The lowest BCUT2D eigenvalue weighted by molar-refractivity contribution is 0.0293. The molecule has 0 radical (unpaired) electrons. The summed E-state index contributed by atoms with van der Waals surface area (Å²) in [5.74, 6) is 0.0473. The Kier molecular flexibility index (Phi) is 7.24. The van der Waals surface area contributed by atoms with Crippen LogP contribution in [0.1, 0.15) is 25.5 Å². The third-order valence-corrected chi connectivity index (χ3v) is 4.52. The second-order valence-electron chi connectivity index (χ2n) is 6.16. The van der Waals surface area contributed by atoms with Gasteiger partial charge in [0.25, 0.3) is 0 Å². The first kappa shape index (κ1) is 19.8. The van der Waals surface area contributed by atoms with Crippen molar-refractivity contribution in [2.75, 3.05) is 32.8 Å². The normalized spacial score (nSPS) is 17.9. The highest BCUT2D eigenvalue weighted by atomic mass is 35.5. The molecule has 1 aromatic rings. The van der Waals surface area contributed by atoms with E-state index >= 15 is 0 Å². The van der Waals surface area contributed by atoms with E-state index in [0.717, 1.165) is 26.2 Å². The van der Waals surface area contributed by atoms with E-state index < -0.39 is 5.41 Å². The van der Waals surface area contributed by atoms with Gasteiger partial charge in [-0.3, -0.25) is 4.90 Å². The molecule has 0 bridgehead atoms. The topological polar surface area (TPSA) is 55.7 Å². The van der Waals surface area contributed by atoms with Crippen LogP contribution < -0.4 is 5.32 Å². The summed E-state index contributed by atoms with van der Waals surface area (Å²) >= 11 is 12.2. The van der Waals surface area contributed by atoms with Gasteiger partial charge in [-0.2, -0.15) is 0 Å². The van der Waals surface area contributed by atoms with Gasteiger partial charge in [-0.05, 0) is 12.1 Å². The highest BCUT2D eigenvalue weighted by Gasteiger charge is 2.37. The minimum absolute atomic E-state index is 0. The molecule has 0 aromatic heterocycles. The van der Waals surface area contributed by atoms with Crippen molar-refractivity contribution in [3.8, 4) is 5.75 Å². The zero-order chi connectivity index (χ0) is 15.6. The molecule has 0 amide bonds. The Labute approximate surface area is 147 Å². The Morgan fingerprint density at radius 2 is 1.86 bits per heavy atom. The number of hydrogen-bond donors (Lipinski definition) is 3. The lowest BCUT2D eigenvalue weighted by atomic mass is 9.79. The number of aliphatic hydroxyl groups excluding tert-OH is 1. The summed E-state index contributed by atoms with van der Waals surface area (Å²) in [6, 6.07) is 3.12. The largest absolute Gasteiger partial charge is 0.506 e. The maximum atomic E-state index is 10.4. The molecule has 2 rings (SSSR count). The Hall–Kier alpha value is -0.230. The molecule has 1 fully saturated rings. The lowest BCUT2D eigenvalue weighted by Crippen LogP contribution is -2.49. The van der Waals surface area contributed by atoms with Gasteiger partial charge in [0.2, 0.25) is 0 Å². The summed E-state index contributed by atoms with van der Waals surface area (Å²) < 4.78 is 0. The fourth-order valence-electron chi connectivity index (χ4n) is 2.93. The van der Waals surface area contributed by atoms with Crippen LogP contribution in [0.25, 0.3) is 0 Å². The Bertz CT molecular complexity index is 506. The van der Waals surface area contributed by atoms with Crippen molar-refractivity contribution in [1.29, 1.82) is 0 Å². The smallest absolute Gasteiger partial charge is 0.139 e. The predicted octanol–water partition coefficient (Wildman–Crippen LogP) is 3.09. The van der Waals surface area contributed by atoms with E-state index in [2.05, 4.69) is 10.2 Å². The molecule has 3 N–H and O–H groups in total. The molecular formula is C15H23Cl3N2O2. The van der Waals surface area contributed by atoms with E-state index in [9.17, 15) is 10.2 Å². The quantitative estimate of drug-likeness (QED) is 0.763. The van der Waals surface area contributed by atoms with Crippen LogP contribution in [-0.2, 0) is 0 Å². The second kappa shape index (κ2) is 8.04. The van der Waals surface area contributed by atoms with Gasteiger partial charge in [-0.15, -0.1) is 12.4 Å². The zero-order valence-electron chi connectivity index (χ0n) is 12.8. The van der Waals surface area contributed by atoms with Crippen molar-refractivity contribution in [2.24, 2.45) is 5.41 Å². The standard InChI is InChI=1S/C15H22Cl2N2O2.ClH/c1-15(2,9-20)14(19-5-3-18-4-6-19)11-7-10(16)8-12(17)13(11)21;/h7-8,14,18,20-21H,3-6,9H2,1-2H3;1H/t14-;/m0./s1. The van der Waals surface area contributed by atoms with Gasteiger partial charge in [-0.25, -0.2) is 0 Å². The molecule has 0 spiro atoms. The van der Waals surface area contributed by atoms with E-state index in [-0.39, 0.29) is 35.8 Å². The number of aromatic hydroxyl groups is 1. The molecule has 1 aliphatic heterocycles. The number of benzene rings is 1. The van der Waals surface area contributed by atoms with Gasteiger partial charge in [-0.1, -0.05) is 37.0 Å². The fraction of sp³-hybridized carbons (Fsp3) is 0.600. The number of rotatable bonds is 4. The zero-order valence-corrected chi connectivity index (χ0v) is 15.1. The van der Waals surface area contributed by atoms with Crippen molar-refractivity contribution in [3.05, 3.63) is 27.7 Å². The van der Waals surface area contributed by atoms with E-state index in [1.165, 1.54) is 6.07 Å². The third kappa shape index (κ3) is 4.19. The van der Waals surface area contributed by atoms with Crippen LogP contribution in [0.4, 0.5) is 0 Å². The Morgan fingerprint density at radius 3 is 2.41 bits per heavy atom. The van der Waals surface area contributed by atoms with E-state index in [1.807, 2.05) is 13.8 Å². The highest BCUT2D eigenvalue weighted by Crippen LogP contribution is 2.45. The minimum Gasteiger partial charge on any atom is -0.506 e. The molecule has 7 heteroatoms. The molecule has 0 unspecified atom stereocenters. The Balaban J connectivity index is 0.00000242. The molecule has 1 aromatic carbocycles. The maximum Gasteiger partial charge on any atom is 0.139 e. The molecule has 1 saturated heterocycles. The number of hydrogen-bond acceptors (Lipinski definition) is 4. The van der Waals surface area contributed by atoms with Gasteiger partial charge >= 0.3 is 0 Å². The van der Waals surface area contributed by atoms with Gasteiger partial charge in [0.15, 0.2) is 0 Å². The van der Waals surface area contributed by atoms with Gasteiger partial charge in [0.05, 0.1) is 5.02 Å². The van der Waals surface area contributed by atoms with Crippen molar-refractivity contribution in [2.45, 2.75) is 19.9 Å². The number of nitrogens with one attached hydrogen (secondary N) is 1. The molecule has 22 heavy (non-hydrogen) atoms. The van der Waals surface area contributed by atoms with Crippen LogP contribution in [-0.4, -0.2) is 47.9 Å². The summed E-state index contributed by atoms with van der Waals surface area (Å²) in [5, 5.41) is 24.2. The van der Waals surface area contributed by atoms with Crippen molar-refractivity contribution < 1.29 is 10.2 Å². The van der Waals surface area contributed by atoms with Crippen LogP contribution in [0.15, 0.2) is 12.1 Å². The van der Waals surface area contributed by atoms with Crippen LogP contribution in [0.5, 0.6) is 5.75 Å². The first-order chi connectivity index (χ1) is 9.86. The molecule has 4 nitrogen and oxygen atoms in total. The molecule has 0 saturated carbocycles. The van der Waals surface area contributed by atoms with Gasteiger partial charge < -0.3 is 15.5 Å². The SMILES string of the molecule is CC(C)(CO)[C@H](c1cc(Cl)cc(Cl)c1O)N1CCNCC1.Cl. The average molecular weight is 370 g/mol. The molecule has 126 valence electrons. The molecule has 1 atom stereocenters. The van der Waals surface area contributed by atoms with E-state index in [1.54, 1.807) is 6.07 Å². The van der Waals surface area contributed by atoms with Crippen LogP contribution >= 0.6 is 35.6 Å². The van der Waals surface area contributed by atoms with Crippen molar-refractivity contribution in [1.82, 2.24) is 10.2 Å². The first-order valence-corrected chi connectivity index (χ1v) is 7.86. The molecule has 1 heterocycles. The fourth-order valence-corrected chi connectivity index (χ4v) is 3.44. The van der Waals surface area contributed by atoms with Crippen LogP contribution in [0.3, 0.4) is 0 Å². The maximum absolute atomic E-state index is 10.4.